The molecule has 0 saturated carbocycles. The predicted octanol–water partition coefficient (Wildman–Crippen LogP) is 11.5. The van der Waals surface area contributed by atoms with Gasteiger partial charge < -0.3 is 18.9 Å². The van der Waals surface area contributed by atoms with Crippen molar-refractivity contribution in [2.45, 2.75) is 86.8 Å². The van der Waals surface area contributed by atoms with E-state index in [1.807, 2.05) is 6.92 Å². The molecular weight excluding hydrogens is 913 g/mol. The lowest BCUT2D eigenvalue weighted by molar-refractivity contribution is -0.461. The van der Waals surface area contributed by atoms with Gasteiger partial charge in [0.05, 0.1) is 30.8 Å². The molecule has 1 atom stereocenters. The molecule has 0 bridgehead atoms. The number of alkyl halides is 17. The quantitative estimate of drug-likeness (QED) is 0.0416. The molecule has 0 unspecified atom stereocenters. The number of ether oxygens (including phenoxy) is 4. The second kappa shape index (κ2) is 18.6. The first-order valence-corrected chi connectivity index (χ1v) is 17.3. The molecule has 0 fully saturated rings. The fraction of sp³-hybridized carbons (Fsp3) is 0.421. The average molecular weight is 941 g/mol. The van der Waals surface area contributed by atoms with Crippen molar-refractivity contribution < 1.29 is 112 Å². The molecule has 3 rings (SSSR count). The number of hydrogen-bond donors (Lipinski definition) is 0. The van der Waals surface area contributed by atoms with Crippen LogP contribution in [0.1, 0.15) is 54.6 Å². The molecule has 348 valence electrons. The van der Waals surface area contributed by atoms with E-state index in [9.17, 15) is 93.0 Å². The van der Waals surface area contributed by atoms with Crippen LogP contribution in [-0.4, -0.2) is 78.9 Å². The summed E-state index contributed by atoms with van der Waals surface area (Å²) in [5, 5.41) is 0. The maximum absolute atomic E-state index is 14.4. The molecule has 6 nitrogen and oxygen atoms in total. The Balaban J connectivity index is 1.59. The third kappa shape index (κ3) is 10.3. The van der Waals surface area contributed by atoms with Crippen LogP contribution in [0.3, 0.4) is 0 Å². The monoisotopic (exact) mass is 940 g/mol. The summed E-state index contributed by atoms with van der Waals surface area (Å²) in [5.41, 5.74) is -0.0316. The van der Waals surface area contributed by atoms with E-state index in [0.717, 1.165) is 37.6 Å². The molecule has 0 heterocycles. The highest BCUT2D eigenvalue weighted by Crippen LogP contribution is 2.64. The molecule has 0 saturated heterocycles. The fourth-order valence-corrected chi connectivity index (χ4v) is 4.65. The minimum atomic E-state index is -8.77. The maximum atomic E-state index is 14.4. The zero-order valence-electron chi connectivity index (χ0n) is 31.5. The molecular formula is C38H27F19O6. The Hall–Kier alpha value is -5.57. The molecule has 0 spiro atoms. The second-order valence-corrected chi connectivity index (χ2v) is 13.0. The van der Waals surface area contributed by atoms with Crippen molar-refractivity contribution in [3.63, 3.8) is 0 Å². The maximum Gasteiger partial charge on any atom is 0.460 e. The van der Waals surface area contributed by atoms with Gasteiger partial charge in [0, 0.05) is 5.56 Å². The second-order valence-electron chi connectivity index (χ2n) is 13.0. The average Bonchev–Trinajstić information content (AvgIpc) is 3.19. The fourth-order valence-electron chi connectivity index (χ4n) is 4.65. The van der Waals surface area contributed by atoms with E-state index in [2.05, 4.69) is 16.6 Å². The Morgan fingerprint density at radius 1 is 0.603 bits per heavy atom. The highest BCUT2D eigenvalue weighted by atomic mass is 19.4. The van der Waals surface area contributed by atoms with Gasteiger partial charge in [0.1, 0.15) is 11.5 Å². The molecule has 0 N–H and O–H groups in total. The van der Waals surface area contributed by atoms with Crippen molar-refractivity contribution in [3.8, 4) is 29.1 Å². The number of unbranched alkanes of at least 4 members (excludes halogenated alkanes) is 1. The number of carbonyl (C=O) groups excluding carboxylic acids is 2. The van der Waals surface area contributed by atoms with Crippen molar-refractivity contribution in [2.75, 3.05) is 13.2 Å². The number of rotatable bonds is 18. The number of esters is 2. The number of benzene rings is 3. The van der Waals surface area contributed by atoms with E-state index < -0.39 is 90.3 Å². The molecule has 0 aromatic heterocycles. The summed E-state index contributed by atoms with van der Waals surface area (Å²) in [7, 11) is 0. The SMILES string of the molecule is CCCCOc1ccc(C#Cc2ccc(C(=O)Oc3ccc(O[C@@H](C)C(=O)OCCC(F)(F)C(F)(F)C(F)(F)C(F)(F)C(F)(F)C(F)(F)C(F)(F)C(F)(F)F)cc3)cc2)c(F)c1F. The lowest BCUT2D eigenvalue weighted by atomic mass is 9.88. The van der Waals surface area contributed by atoms with Crippen LogP contribution in [0.4, 0.5) is 83.4 Å². The van der Waals surface area contributed by atoms with Crippen LogP contribution in [0.2, 0.25) is 0 Å². The van der Waals surface area contributed by atoms with Gasteiger partial charge in [-0.15, -0.1) is 0 Å². The van der Waals surface area contributed by atoms with Crippen LogP contribution in [0.25, 0.3) is 0 Å². The Morgan fingerprint density at radius 2 is 1.11 bits per heavy atom. The van der Waals surface area contributed by atoms with Crippen molar-refractivity contribution >= 4 is 11.9 Å². The molecule has 0 aliphatic heterocycles. The van der Waals surface area contributed by atoms with E-state index in [1.165, 1.54) is 36.4 Å². The van der Waals surface area contributed by atoms with E-state index in [-0.39, 0.29) is 40.5 Å². The molecule has 3 aromatic carbocycles. The van der Waals surface area contributed by atoms with E-state index in [1.54, 1.807) is 0 Å². The summed E-state index contributed by atoms with van der Waals surface area (Å²) in [4.78, 5) is 24.7. The van der Waals surface area contributed by atoms with Crippen molar-refractivity contribution in [1.29, 1.82) is 0 Å². The largest absolute Gasteiger partial charge is 0.490 e. The standard InChI is InChI=1S/C38H27F19O6/c1-3-4-18-60-26-16-11-22(27(39)28(26)40)8-5-21-6-9-23(10-7-21)30(59)63-25-14-12-24(13-15-25)62-20(2)29(58)61-19-17-31(41,42)32(43,44)33(45,46)34(47,48)35(49,50)36(51,52)37(53,54)38(55,56)57/h6-7,9-16,20H,3-4,17-19H2,1-2H3/t20-/m0/s1. The van der Waals surface area contributed by atoms with Crippen molar-refractivity contribution in [3.05, 3.63) is 89.0 Å². The van der Waals surface area contributed by atoms with Gasteiger partial charge in [0.15, 0.2) is 17.7 Å². The van der Waals surface area contributed by atoms with Crippen LogP contribution in [0.15, 0.2) is 60.7 Å². The third-order valence-electron chi connectivity index (χ3n) is 8.39. The number of hydrogen-bond acceptors (Lipinski definition) is 6. The van der Waals surface area contributed by atoms with Gasteiger partial charge in [0.25, 0.3) is 0 Å². The lowest BCUT2D eigenvalue weighted by Crippen LogP contribution is -2.74. The van der Waals surface area contributed by atoms with Crippen molar-refractivity contribution in [2.24, 2.45) is 0 Å². The van der Waals surface area contributed by atoms with E-state index >= 15 is 0 Å². The van der Waals surface area contributed by atoms with Gasteiger partial charge in [-0.2, -0.15) is 79.0 Å². The van der Waals surface area contributed by atoms with Crippen LogP contribution >= 0.6 is 0 Å². The summed E-state index contributed by atoms with van der Waals surface area (Å²) < 4.78 is 277. The predicted molar refractivity (Wildman–Crippen MR) is 177 cm³/mol. The minimum Gasteiger partial charge on any atom is -0.490 e. The van der Waals surface area contributed by atoms with Crippen LogP contribution in [-0.2, 0) is 9.53 Å². The first-order valence-electron chi connectivity index (χ1n) is 17.3. The molecule has 63 heavy (non-hydrogen) atoms. The highest BCUT2D eigenvalue weighted by molar-refractivity contribution is 5.91. The third-order valence-corrected chi connectivity index (χ3v) is 8.39. The Morgan fingerprint density at radius 3 is 1.63 bits per heavy atom. The molecule has 0 amide bonds. The van der Waals surface area contributed by atoms with Crippen LogP contribution < -0.4 is 14.2 Å². The summed E-state index contributed by atoms with van der Waals surface area (Å²) >= 11 is 0. The van der Waals surface area contributed by atoms with Gasteiger partial charge in [0.2, 0.25) is 5.82 Å². The minimum absolute atomic E-state index is 0.0334. The molecule has 3 aromatic rings. The smallest absolute Gasteiger partial charge is 0.460 e. The molecule has 0 aliphatic rings. The van der Waals surface area contributed by atoms with Gasteiger partial charge in [-0.05, 0) is 74.0 Å². The first-order chi connectivity index (χ1) is 28.7. The van der Waals surface area contributed by atoms with Crippen LogP contribution in [0.5, 0.6) is 17.2 Å². The van der Waals surface area contributed by atoms with Gasteiger partial charge in [-0.3, -0.25) is 0 Å². The summed E-state index contributed by atoms with van der Waals surface area (Å²) in [6.07, 6.45) is -11.4. The lowest BCUT2D eigenvalue weighted by Gasteiger charge is -2.42. The van der Waals surface area contributed by atoms with Crippen molar-refractivity contribution in [1.82, 2.24) is 0 Å². The summed E-state index contributed by atoms with van der Waals surface area (Å²) in [6, 6.07) is 11.9. The molecule has 0 aliphatic carbocycles. The molecule has 0 radical (unpaired) electrons. The van der Waals surface area contributed by atoms with Gasteiger partial charge in [-0.25, -0.2) is 14.0 Å². The Kier molecular flexibility index (Phi) is 15.3. The van der Waals surface area contributed by atoms with Gasteiger partial charge >= 0.3 is 59.6 Å². The normalized spacial score (nSPS) is 13.7. The Bertz CT molecular complexity index is 2140. The molecule has 25 heteroatoms. The van der Waals surface area contributed by atoms with Crippen LogP contribution in [0, 0.1) is 23.5 Å². The van der Waals surface area contributed by atoms with E-state index in [0.29, 0.717) is 6.42 Å². The first kappa shape index (κ1) is 51.8. The zero-order valence-corrected chi connectivity index (χ0v) is 31.5. The topological polar surface area (TPSA) is 71.1 Å². The van der Waals surface area contributed by atoms with E-state index in [4.69, 9.17) is 14.2 Å². The zero-order chi connectivity index (χ0) is 48.2. The number of carbonyl (C=O) groups is 2. The van der Waals surface area contributed by atoms with Gasteiger partial charge in [-0.1, -0.05) is 25.2 Å². The summed E-state index contributed by atoms with van der Waals surface area (Å²) in [6.45, 7) is 0.719. The highest BCUT2D eigenvalue weighted by Gasteiger charge is 2.95. The number of halogens is 19. The Labute approximate surface area is 342 Å². The summed E-state index contributed by atoms with van der Waals surface area (Å²) in [5.74, 6) is -58.4.